The van der Waals surface area contributed by atoms with Crippen molar-refractivity contribution in [3.05, 3.63) is 59.2 Å². The van der Waals surface area contributed by atoms with E-state index >= 15 is 0 Å². The predicted octanol–water partition coefficient (Wildman–Crippen LogP) is 5.66. The molecule has 124 valence electrons. The largest absolute Gasteiger partial charge is 0.496 e. The minimum absolute atomic E-state index is 0.749. The lowest BCUT2D eigenvalue weighted by atomic mass is 9.90. The number of methoxy groups -OCH3 is 2. The maximum atomic E-state index is 5.76. The van der Waals surface area contributed by atoms with Crippen LogP contribution in [0.3, 0.4) is 0 Å². The van der Waals surface area contributed by atoms with Gasteiger partial charge in [0.05, 0.1) is 14.2 Å². The van der Waals surface area contributed by atoms with E-state index in [2.05, 4.69) is 51.6 Å². The van der Waals surface area contributed by atoms with E-state index in [-0.39, 0.29) is 0 Å². The molecule has 0 heterocycles. The van der Waals surface area contributed by atoms with Crippen LogP contribution in [0.25, 0.3) is 21.5 Å². The standard InChI is InChI=1S/C22H24O2/c1-7-8-16-12-19(23-5)21-18(22(16)24-6)10-9-17-15(4)13(2)11-14(3)20(17)21/h7,9-12H,1,8H2,2-6H3. The first-order chi connectivity index (χ1) is 11.5. The lowest BCUT2D eigenvalue weighted by molar-refractivity contribution is 0.407. The highest BCUT2D eigenvalue weighted by atomic mass is 16.5. The summed E-state index contributed by atoms with van der Waals surface area (Å²) in [6.45, 7) is 10.4. The first-order valence-corrected chi connectivity index (χ1v) is 8.21. The van der Waals surface area contributed by atoms with Gasteiger partial charge in [-0.05, 0) is 66.8 Å². The van der Waals surface area contributed by atoms with Crippen molar-refractivity contribution in [2.24, 2.45) is 0 Å². The van der Waals surface area contributed by atoms with Crippen LogP contribution in [0.15, 0.2) is 36.9 Å². The molecule has 0 saturated heterocycles. The van der Waals surface area contributed by atoms with Gasteiger partial charge in [0.25, 0.3) is 0 Å². The van der Waals surface area contributed by atoms with Gasteiger partial charge in [-0.1, -0.05) is 18.2 Å². The molecule has 24 heavy (non-hydrogen) atoms. The number of allylic oxidation sites excluding steroid dienone is 1. The fourth-order valence-electron chi connectivity index (χ4n) is 3.67. The first-order valence-electron chi connectivity index (χ1n) is 8.21. The third-order valence-corrected chi connectivity index (χ3v) is 4.90. The quantitative estimate of drug-likeness (QED) is 0.456. The van der Waals surface area contributed by atoms with Crippen molar-refractivity contribution >= 4 is 21.5 Å². The van der Waals surface area contributed by atoms with Gasteiger partial charge in [0, 0.05) is 16.3 Å². The van der Waals surface area contributed by atoms with E-state index in [4.69, 9.17) is 9.47 Å². The maximum absolute atomic E-state index is 5.76. The molecule has 0 unspecified atom stereocenters. The van der Waals surface area contributed by atoms with Crippen LogP contribution >= 0.6 is 0 Å². The lowest BCUT2D eigenvalue weighted by Gasteiger charge is -2.18. The molecular weight excluding hydrogens is 296 g/mol. The molecule has 0 aliphatic carbocycles. The van der Waals surface area contributed by atoms with Crippen molar-refractivity contribution in [2.45, 2.75) is 27.2 Å². The molecule has 2 nitrogen and oxygen atoms in total. The minimum Gasteiger partial charge on any atom is -0.496 e. The zero-order chi connectivity index (χ0) is 17.4. The summed E-state index contributed by atoms with van der Waals surface area (Å²) in [6, 6.07) is 8.68. The van der Waals surface area contributed by atoms with Crippen molar-refractivity contribution in [3.63, 3.8) is 0 Å². The Balaban J connectivity index is 2.58. The van der Waals surface area contributed by atoms with E-state index < -0.39 is 0 Å². The number of hydrogen-bond donors (Lipinski definition) is 0. The molecule has 3 rings (SSSR count). The molecule has 0 atom stereocenters. The van der Waals surface area contributed by atoms with E-state index in [9.17, 15) is 0 Å². The first kappa shape index (κ1) is 16.4. The zero-order valence-corrected chi connectivity index (χ0v) is 15.1. The topological polar surface area (TPSA) is 18.5 Å². The molecule has 0 bridgehead atoms. The SMILES string of the molecule is C=CCc1cc(OC)c2c(ccc3c(C)c(C)cc(C)c32)c1OC. The van der Waals surface area contributed by atoms with Gasteiger partial charge in [-0.25, -0.2) is 0 Å². The number of benzene rings is 3. The Labute approximate surface area is 143 Å². The second kappa shape index (κ2) is 6.20. The summed E-state index contributed by atoms with van der Waals surface area (Å²) in [5.74, 6) is 1.80. The molecule has 0 spiro atoms. The molecule has 2 heteroatoms. The van der Waals surface area contributed by atoms with Crippen LogP contribution in [0.1, 0.15) is 22.3 Å². The normalized spacial score (nSPS) is 11.0. The third kappa shape index (κ3) is 2.34. The summed E-state index contributed by atoms with van der Waals surface area (Å²) in [4.78, 5) is 0. The Hall–Kier alpha value is -2.48. The predicted molar refractivity (Wildman–Crippen MR) is 103 cm³/mol. The molecule has 0 radical (unpaired) electrons. The van der Waals surface area contributed by atoms with Crippen molar-refractivity contribution in [1.29, 1.82) is 0 Å². The Bertz CT molecular complexity index is 952. The molecule has 0 aliphatic rings. The number of hydrogen-bond acceptors (Lipinski definition) is 2. The number of fused-ring (bicyclic) bond motifs is 3. The van der Waals surface area contributed by atoms with Gasteiger partial charge in [0.2, 0.25) is 0 Å². The molecule has 3 aromatic carbocycles. The van der Waals surface area contributed by atoms with E-state index in [1.807, 2.05) is 6.08 Å². The Morgan fingerprint density at radius 3 is 2.25 bits per heavy atom. The summed E-state index contributed by atoms with van der Waals surface area (Å²) >= 11 is 0. The average Bonchev–Trinajstić information content (AvgIpc) is 2.58. The Morgan fingerprint density at radius 1 is 0.917 bits per heavy atom. The highest BCUT2D eigenvalue weighted by Gasteiger charge is 2.17. The van der Waals surface area contributed by atoms with Crippen molar-refractivity contribution in [2.75, 3.05) is 14.2 Å². The molecule has 0 fully saturated rings. The van der Waals surface area contributed by atoms with Crippen LogP contribution in [0.5, 0.6) is 11.5 Å². The summed E-state index contributed by atoms with van der Waals surface area (Å²) in [7, 11) is 3.46. The van der Waals surface area contributed by atoms with Crippen LogP contribution < -0.4 is 9.47 Å². The average molecular weight is 320 g/mol. The zero-order valence-electron chi connectivity index (χ0n) is 15.1. The van der Waals surface area contributed by atoms with Gasteiger partial charge in [-0.15, -0.1) is 6.58 Å². The highest BCUT2D eigenvalue weighted by molar-refractivity contribution is 6.15. The Morgan fingerprint density at radius 2 is 1.62 bits per heavy atom. The van der Waals surface area contributed by atoms with Gasteiger partial charge in [-0.2, -0.15) is 0 Å². The molecule has 0 amide bonds. The van der Waals surface area contributed by atoms with Crippen molar-refractivity contribution in [1.82, 2.24) is 0 Å². The van der Waals surface area contributed by atoms with Crippen LogP contribution in [-0.2, 0) is 6.42 Å². The van der Waals surface area contributed by atoms with Gasteiger partial charge >= 0.3 is 0 Å². The van der Waals surface area contributed by atoms with Gasteiger partial charge < -0.3 is 9.47 Å². The van der Waals surface area contributed by atoms with Gasteiger partial charge in [0.1, 0.15) is 11.5 Å². The molecule has 0 aliphatic heterocycles. The fourth-order valence-corrected chi connectivity index (χ4v) is 3.67. The Kier molecular flexibility index (Phi) is 4.23. The van der Waals surface area contributed by atoms with Crippen molar-refractivity contribution < 1.29 is 9.47 Å². The fraction of sp³-hybridized carbons (Fsp3) is 0.273. The van der Waals surface area contributed by atoms with Crippen LogP contribution in [0.4, 0.5) is 0 Å². The summed E-state index contributed by atoms with van der Waals surface area (Å²) in [5.41, 5.74) is 4.98. The summed E-state index contributed by atoms with van der Waals surface area (Å²) in [5, 5.41) is 4.74. The molecule has 0 N–H and O–H groups in total. The molecule has 0 saturated carbocycles. The second-order valence-corrected chi connectivity index (χ2v) is 6.31. The van der Waals surface area contributed by atoms with E-state index in [1.54, 1.807) is 14.2 Å². The second-order valence-electron chi connectivity index (χ2n) is 6.31. The number of ether oxygens (including phenoxy) is 2. The van der Waals surface area contributed by atoms with Crippen LogP contribution in [0.2, 0.25) is 0 Å². The molecule has 3 aromatic rings. The highest BCUT2D eigenvalue weighted by Crippen LogP contribution is 2.43. The summed E-state index contributed by atoms with van der Waals surface area (Å²) < 4.78 is 11.5. The third-order valence-electron chi connectivity index (χ3n) is 4.90. The van der Waals surface area contributed by atoms with Crippen molar-refractivity contribution in [3.8, 4) is 11.5 Å². The smallest absolute Gasteiger partial charge is 0.130 e. The number of aryl methyl sites for hydroxylation is 3. The molecular formula is C22H24O2. The van der Waals surface area contributed by atoms with E-state index in [0.29, 0.717) is 0 Å². The number of rotatable bonds is 4. The van der Waals surface area contributed by atoms with Crippen LogP contribution in [-0.4, -0.2) is 14.2 Å². The molecule has 0 aromatic heterocycles. The van der Waals surface area contributed by atoms with E-state index in [0.717, 1.165) is 34.3 Å². The van der Waals surface area contributed by atoms with Gasteiger partial charge in [0.15, 0.2) is 0 Å². The monoisotopic (exact) mass is 320 g/mol. The summed E-state index contributed by atoms with van der Waals surface area (Å²) in [6.07, 6.45) is 2.64. The minimum atomic E-state index is 0.749. The van der Waals surface area contributed by atoms with Crippen LogP contribution in [0, 0.1) is 20.8 Å². The maximum Gasteiger partial charge on any atom is 0.130 e. The van der Waals surface area contributed by atoms with E-state index in [1.165, 1.54) is 27.5 Å². The lowest BCUT2D eigenvalue weighted by Crippen LogP contribution is -1.98. The van der Waals surface area contributed by atoms with Gasteiger partial charge in [-0.3, -0.25) is 0 Å².